The lowest BCUT2D eigenvalue weighted by atomic mass is 9.98. The summed E-state index contributed by atoms with van der Waals surface area (Å²) in [6.07, 6.45) is 0.550. The standard InChI is InChI=1S/C26H19ClF2N6O2S/c1-37-22-12-32-21(23(28)29)10-18(22)17-8-15(6-7-30)31-11-20(17)24(36)33-26-35-34-25(38-26)19-9-16(19)13-2-4-14(27)5-3-13/h2-5,8,10-12,16,19,23H,6,9H2,1H3,(H,33,35,36). The number of amides is 1. The Hall–Kier alpha value is -4.01. The second-order valence-corrected chi connectivity index (χ2v) is 10.0. The number of benzene rings is 1. The largest absolute Gasteiger partial charge is 0.494 e. The van der Waals surface area contributed by atoms with E-state index < -0.39 is 18.0 Å². The molecule has 4 aromatic rings. The Morgan fingerprint density at radius 2 is 1.97 bits per heavy atom. The van der Waals surface area contributed by atoms with Crippen LogP contribution in [-0.4, -0.2) is 33.2 Å². The van der Waals surface area contributed by atoms with Crippen molar-refractivity contribution in [3.8, 4) is 22.9 Å². The summed E-state index contributed by atoms with van der Waals surface area (Å²) in [5.74, 6) is 0.157. The van der Waals surface area contributed by atoms with Crippen LogP contribution in [0.5, 0.6) is 5.75 Å². The zero-order valence-electron chi connectivity index (χ0n) is 19.9. The van der Waals surface area contributed by atoms with Gasteiger partial charge in [0.1, 0.15) is 16.5 Å². The molecule has 8 nitrogen and oxygen atoms in total. The van der Waals surface area contributed by atoms with E-state index in [0.717, 1.165) is 11.4 Å². The Labute approximate surface area is 225 Å². The summed E-state index contributed by atoms with van der Waals surface area (Å²) in [4.78, 5) is 21.2. The first kappa shape index (κ1) is 25.6. The zero-order valence-corrected chi connectivity index (χ0v) is 21.4. The topological polar surface area (TPSA) is 114 Å². The lowest BCUT2D eigenvalue weighted by Crippen LogP contribution is -2.14. The number of alkyl halides is 2. The number of carbonyl (C=O) groups excluding carboxylic acids is 1. The minimum Gasteiger partial charge on any atom is -0.494 e. The maximum Gasteiger partial charge on any atom is 0.280 e. The third-order valence-corrected chi connectivity index (χ3v) is 7.38. The number of rotatable bonds is 8. The number of ether oxygens (including phenoxy) is 1. The van der Waals surface area contributed by atoms with Crippen molar-refractivity contribution in [3.63, 3.8) is 0 Å². The molecule has 1 fully saturated rings. The van der Waals surface area contributed by atoms with Crippen LogP contribution >= 0.6 is 22.9 Å². The van der Waals surface area contributed by atoms with Crippen molar-refractivity contribution in [1.82, 2.24) is 20.2 Å². The van der Waals surface area contributed by atoms with E-state index in [2.05, 4.69) is 25.5 Å². The molecule has 0 aliphatic heterocycles. The summed E-state index contributed by atoms with van der Waals surface area (Å²) in [5, 5.41) is 22.0. The number of methoxy groups -OCH3 is 1. The van der Waals surface area contributed by atoms with E-state index in [1.54, 1.807) is 0 Å². The van der Waals surface area contributed by atoms with Crippen molar-refractivity contribution in [1.29, 1.82) is 5.26 Å². The van der Waals surface area contributed by atoms with Gasteiger partial charge in [-0.05, 0) is 42.2 Å². The van der Waals surface area contributed by atoms with E-state index in [1.165, 1.54) is 48.5 Å². The highest BCUT2D eigenvalue weighted by Crippen LogP contribution is 2.55. The van der Waals surface area contributed by atoms with E-state index in [-0.39, 0.29) is 34.8 Å². The molecule has 0 spiro atoms. The number of anilines is 1. The van der Waals surface area contributed by atoms with Gasteiger partial charge in [0.25, 0.3) is 12.3 Å². The molecule has 1 amide bonds. The van der Waals surface area contributed by atoms with Gasteiger partial charge in [-0.1, -0.05) is 35.1 Å². The van der Waals surface area contributed by atoms with Gasteiger partial charge in [0, 0.05) is 28.3 Å². The fourth-order valence-electron chi connectivity index (χ4n) is 4.18. The van der Waals surface area contributed by atoms with Gasteiger partial charge in [0.05, 0.1) is 37.1 Å². The van der Waals surface area contributed by atoms with Crippen LogP contribution in [0.2, 0.25) is 5.02 Å². The van der Waals surface area contributed by atoms with Crippen LogP contribution in [0.15, 0.2) is 48.8 Å². The molecule has 38 heavy (non-hydrogen) atoms. The number of pyridine rings is 2. The molecular weight excluding hydrogens is 534 g/mol. The van der Waals surface area contributed by atoms with E-state index in [9.17, 15) is 13.6 Å². The van der Waals surface area contributed by atoms with Crippen molar-refractivity contribution >= 4 is 34.0 Å². The van der Waals surface area contributed by atoms with Crippen molar-refractivity contribution in [2.45, 2.75) is 31.1 Å². The highest BCUT2D eigenvalue weighted by Gasteiger charge is 2.42. The molecule has 3 aromatic heterocycles. The summed E-state index contributed by atoms with van der Waals surface area (Å²) in [6, 6.07) is 12.4. The fourth-order valence-corrected chi connectivity index (χ4v) is 5.22. The number of carbonyl (C=O) groups is 1. The third kappa shape index (κ3) is 5.32. The van der Waals surface area contributed by atoms with Gasteiger partial charge in [-0.2, -0.15) is 5.26 Å². The van der Waals surface area contributed by atoms with Crippen LogP contribution in [0.4, 0.5) is 13.9 Å². The number of nitrogens with one attached hydrogen (secondary N) is 1. The molecule has 1 N–H and O–H groups in total. The first-order valence-corrected chi connectivity index (χ1v) is 12.7. The average Bonchev–Trinajstić information content (AvgIpc) is 3.58. The smallest absolute Gasteiger partial charge is 0.280 e. The number of hydrogen-bond donors (Lipinski definition) is 1. The number of aromatic nitrogens is 4. The predicted molar refractivity (Wildman–Crippen MR) is 138 cm³/mol. The van der Waals surface area contributed by atoms with Gasteiger partial charge in [-0.15, -0.1) is 10.2 Å². The van der Waals surface area contributed by atoms with Crippen molar-refractivity contribution < 1.29 is 18.3 Å². The molecule has 0 bridgehead atoms. The van der Waals surface area contributed by atoms with Crippen molar-refractivity contribution in [2.75, 3.05) is 12.4 Å². The van der Waals surface area contributed by atoms with Gasteiger partial charge in [0.15, 0.2) is 0 Å². The number of hydrogen-bond acceptors (Lipinski definition) is 8. The molecule has 1 saturated carbocycles. The van der Waals surface area contributed by atoms with Crippen LogP contribution in [0.1, 0.15) is 57.0 Å². The zero-order chi connectivity index (χ0) is 26.8. The molecular formula is C26H19ClF2N6O2S. The summed E-state index contributed by atoms with van der Waals surface area (Å²) >= 11 is 7.26. The molecule has 1 aliphatic carbocycles. The Morgan fingerprint density at radius 1 is 1.18 bits per heavy atom. The first-order chi connectivity index (χ1) is 18.4. The van der Waals surface area contributed by atoms with Gasteiger partial charge in [-0.25, -0.2) is 8.78 Å². The lowest BCUT2D eigenvalue weighted by Gasteiger charge is -2.14. The SMILES string of the molecule is COc1cnc(C(F)F)cc1-c1cc(CC#N)ncc1C(=O)Nc1nnc(C2CC2c2ccc(Cl)cc2)s1. The monoisotopic (exact) mass is 552 g/mol. The van der Waals surface area contributed by atoms with Crippen LogP contribution in [-0.2, 0) is 6.42 Å². The highest BCUT2D eigenvalue weighted by atomic mass is 35.5. The molecule has 192 valence electrons. The van der Waals surface area contributed by atoms with Crippen LogP contribution in [0.25, 0.3) is 11.1 Å². The normalized spacial score (nSPS) is 16.2. The summed E-state index contributed by atoms with van der Waals surface area (Å²) in [5.41, 5.74) is 1.67. The minimum absolute atomic E-state index is 0.0278. The fraction of sp³-hybridized carbons (Fsp3) is 0.231. The summed E-state index contributed by atoms with van der Waals surface area (Å²) in [7, 11) is 1.37. The second kappa shape index (κ2) is 10.8. The average molecular weight is 553 g/mol. The quantitative estimate of drug-likeness (QED) is 0.277. The number of nitriles is 1. The molecule has 5 rings (SSSR count). The molecule has 2 unspecified atom stereocenters. The molecule has 0 radical (unpaired) electrons. The lowest BCUT2D eigenvalue weighted by molar-refractivity contribution is 0.102. The van der Waals surface area contributed by atoms with Crippen LogP contribution in [0, 0.1) is 11.3 Å². The Bertz CT molecular complexity index is 1540. The third-order valence-electron chi connectivity index (χ3n) is 6.15. The minimum atomic E-state index is -2.82. The van der Waals surface area contributed by atoms with Crippen LogP contribution in [0.3, 0.4) is 0 Å². The molecule has 2 atom stereocenters. The summed E-state index contributed by atoms with van der Waals surface area (Å²) in [6.45, 7) is 0. The first-order valence-electron chi connectivity index (χ1n) is 11.5. The summed E-state index contributed by atoms with van der Waals surface area (Å²) < 4.78 is 32.2. The van der Waals surface area contributed by atoms with Crippen molar-refractivity contribution in [2.24, 2.45) is 0 Å². The van der Waals surface area contributed by atoms with E-state index in [1.807, 2.05) is 30.3 Å². The van der Waals surface area contributed by atoms with Gasteiger partial charge >= 0.3 is 0 Å². The maximum absolute atomic E-state index is 13.4. The molecule has 3 heterocycles. The highest BCUT2D eigenvalue weighted by molar-refractivity contribution is 7.15. The number of nitrogens with zero attached hydrogens (tertiary/aromatic N) is 5. The van der Waals surface area contributed by atoms with Gasteiger partial charge in [0.2, 0.25) is 5.13 Å². The van der Waals surface area contributed by atoms with Crippen LogP contribution < -0.4 is 10.1 Å². The Balaban J connectivity index is 1.41. The van der Waals surface area contributed by atoms with E-state index in [4.69, 9.17) is 21.6 Å². The Kier molecular flexibility index (Phi) is 7.26. The van der Waals surface area contributed by atoms with E-state index >= 15 is 0 Å². The molecule has 1 aliphatic rings. The predicted octanol–water partition coefficient (Wildman–Crippen LogP) is 6.18. The Morgan fingerprint density at radius 3 is 2.68 bits per heavy atom. The van der Waals surface area contributed by atoms with E-state index in [0.29, 0.717) is 21.8 Å². The van der Waals surface area contributed by atoms with Crippen molar-refractivity contribution in [3.05, 3.63) is 81.3 Å². The molecule has 12 heteroatoms. The molecule has 1 aromatic carbocycles. The molecule has 0 saturated heterocycles. The second-order valence-electron chi connectivity index (χ2n) is 8.57. The van der Waals surface area contributed by atoms with Gasteiger partial charge < -0.3 is 4.74 Å². The maximum atomic E-state index is 13.4. The number of halogens is 3. The van der Waals surface area contributed by atoms with Gasteiger partial charge in [-0.3, -0.25) is 20.1 Å².